The van der Waals surface area contributed by atoms with Crippen molar-refractivity contribution < 1.29 is 0 Å². The molecule has 2 aromatic heterocycles. The molecule has 160 valence electrons. The molecule has 2 aliphatic heterocycles. The molecule has 0 bridgehead atoms. The second-order valence-electron chi connectivity index (χ2n) is 7.46. The Morgan fingerprint density at radius 3 is 2.93 bits per heavy atom. The van der Waals surface area contributed by atoms with Gasteiger partial charge in [0.2, 0.25) is 0 Å². The smallest absolute Gasteiger partial charge is 0.191 e. The fraction of sp³-hybridized carbons (Fsp3) is 0.684. The van der Waals surface area contributed by atoms with Gasteiger partial charge < -0.3 is 15.5 Å². The van der Waals surface area contributed by atoms with Gasteiger partial charge in [-0.05, 0) is 33.1 Å². The molecule has 0 amide bonds. The third kappa shape index (κ3) is 5.80. The van der Waals surface area contributed by atoms with Crippen LogP contribution in [0.2, 0.25) is 0 Å². The van der Waals surface area contributed by atoms with Crippen LogP contribution in [0.1, 0.15) is 43.5 Å². The Morgan fingerprint density at radius 1 is 1.31 bits per heavy atom. The number of thiazole rings is 1. The first-order valence-corrected chi connectivity index (χ1v) is 11.2. The lowest BCUT2D eigenvalue weighted by Gasteiger charge is -2.25. The number of guanidine groups is 1. The number of halogens is 1. The molecule has 4 heterocycles. The highest BCUT2D eigenvalue weighted by Gasteiger charge is 2.21. The van der Waals surface area contributed by atoms with Gasteiger partial charge in [-0.1, -0.05) is 0 Å². The fourth-order valence-electron chi connectivity index (χ4n) is 3.81. The van der Waals surface area contributed by atoms with Crippen molar-refractivity contribution in [3.63, 3.8) is 0 Å². The molecule has 0 radical (unpaired) electrons. The zero-order valence-corrected chi connectivity index (χ0v) is 20.4. The summed E-state index contributed by atoms with van der Waals surface area (Å²) in [6, 6.07) is 0.326. The van der Waals surface area contributed by atoms with Gasteiger partial charge in [-0.3, -0.25) is 4.99 Å². The third-order valence-electron chi connectivity index (χ3n) is 5.20. The van der Waals surface area contributed by atoms with Crippen molar-refractivity contribution in [1.29, 1.82) is 0 Å². The van der Waals surface area contributed by atoms with Crippen molar-refractivity contribution in [1.82, 2.24) is 30.4 Å². The Hall–Kier alpha value is -1.43. The van der Waals surface area contributed by atoms with Crippen LogP contribution in [0.15, 0.2) is 10.4 Å². The molecule has 4 rings (SSSR count). The number of aliphatic imine (C=N–C) groups is 1. The van der Waals surface area contributed by atoms with Crippen LogP contribution in [0, 0.1) is 6.92 Å². The van der Waals surface area contributed by atoms with Crippen molar-refractivity contribution in [2.45, 2.75) is 58.5 Å². The van der Waals surface area contributed by atoms with E-state index in [9.17, 15) is 0 Å². The first-order valence-electron chi connectivity index (χ1n) is 10.4. The van der Waals surface area contributed by atoms with Gasteiger partial charge in [-0.25, -0.2) is 14.6 Å². The lowest BCUT2D eigenvalue weighted by Crippen LogP contribution is -2.47. The first kappa shape index (κ1) is 22.3. The van der Waals surface area contributed by atoms with Crippen LogP contribution in [-0.2, 0) is 19.4 Å². The van der Waals surface area contributed by atoms with Crippen LogP contribution in [0.5, 0.6) is 0 Å². The lowest BCUT2D eigenvalue weighted by atomic mass is 10.1. The number of nitrogens with zero attached hydrogens (tertiary/aromatic N) is 6. The van der Waals surface area contributed by atoms with E-state index in [1.807, 2.05) is 11.6 Å². The van der Waals surface area contributed by atoms with E-state index in [1.165, 1.54) is 18.0 Å². The number of fused-ring (bicyclic) bond motifs is 1. The molecule has 0 spiro atoms. The molecule has 8 nitrogen and oxygen atoms in total. The van der Waals surface area contributed by atoms with E-state index < -0.39 is 0 Å². The normalized spacial score (nSPS) is 19.0. The molecule has 1 unspecified atom stereocenters. The van der Waals surface area contributed by atoms with E-state index in [2.05, 4.69) is 37.9 Å². The number of aromatic nitrogens is 4. The van der Waals surface area contributed by atoms with Crippen LogP contribution >= 0.6 is 35.3 Å². The minimum absolute atomic E-state index is 0. The fourth-order valence-corrected chi connectivity index (χ4v) is 4.73. The van der Waals surface area contributed by atoms with Crippen LogP contribution < -0.4 is 15.5 Å². The van der Waals surface area contributed by atoms with Crippen molar-refractivity contribution in [3.8, 4) is 0 Å². The number of hydrogen-bond donors (Lipinski definition) is 2. The Kier molecular flexibility index (Phi) is 8.10. The van der Waals surface area contributed by atoms with Crippen LogP contribution in [0.3, 0.4) is 0 Å². The number of aryl methyl sites for hydroxylation is 2. The standard InChI is InChI=1S/C19H30N8S.HI/c1-3-20-18(23-15-6-7-17-22-14(2)25-27(17)12-15)21-9-8-16-13-28-19(24-16)26-10-4-5-11-26;/h13,15H,3-12H2,1-2H3,(H2,20,21,23);1H. The van der Waals surface area contributed by atoms with Gasteiger partial charge in [0.1, 0.15) is 11.6 Å². The van der Waals surface area contributed by atoms with Gasteiger partial charge >= 0.3 is 0 Å². The second kappa shape index (κ2) is 10.6. The van der Waals surface area contributed by atoms with Gasteiger partial charge in [0.15, 0.2) is 11.1 Å². The maximum absolute atomic E-state index is 4.79. The number of anilines is 1. The zero-order valence-electron chi connectivity index (χ0n) is 17.2. The van der Waals surface area contributed by atoms with Crippen molar-refractivity contribution in [3.05, 3.63) is 22.7 Å². The largest absolute Gasteiger partial charge is 0.357 e. The molecule has 0 saturated carbocycles. The number of rotatable bonds is 6. The molecule has 10 heteroatoms. The van der Waals surface area contributed by atoms with E-state index in [0.717, 1.165) is 75.3 Å². The molecule has 1 saturated heterocycles. The molecule has 2 N–H and O–H groups in total. The minimum atomic E-state index is 0. The van der Waals surface area contributed by atoms with Crippen molar-refractivity contribution in [2.24, 2.45) is 4.99 Å². The molecule has 29 heavy (non-hydrogen) atoms. The highest BCUT2D eigenvalue weighted by atomic mass is 127. The third-order valence-corrected chi connectivity index (χ3v) is 6.15. The maximum Gasteiger partial charge on any atom is 0.191 e. The Labute approximate surface area is 193 Å². The van der Waals surface area contributed by atoms with E-state index >= 15 is 0 Å². The molecule has 1 fully saturated rings. The van der Waals surface area contributed by atoms with Crippen LogP contribution in [-0.4, -0.2) is 57.9 Å². The first-order chi connectivity index (χ1) is 13.7. The SMILES string of the molecule is CCNC(=NCCc1csc(N2CCCC2)n1)NC1CCc2nc(C)nn2C1.I. The molecular weight excluding hydrogens is 499 g/mol. The topological polar surface area (TPSA) is 83.3 Å². The summed E-state index contributed by atoms with van der Waals surface area (Å²) >= 11 is 1.76. The highest BCUT2D eigenvalue weighted by molar-refractivity contribution is 14.0. The molecule has 2 aromatic rings. The van der Waals surface area contributed by atoms with E-state index in [1.54, 1.807) is 11.3 Å². The highest BCUT2D eigenvalue weighted by Crippen LogP contribution is 2.24. The second-order valence-corrected chi connectivity index (χ2v) is 8.30. The maximum atomic E-state index is 4.79. The van der Waals surface area contributed by atoms with E-state index in [-0.39, 0.29) is 24.0 Å². The summed E-state index contributed by atoms with van der Waals surface area (Å²) in [4.78, 5) is 16.4. The zero-order chi connectivity index (χ0) is 19.3. The summed E-state index contributed by atoms with van der Waals surface area (Å²) in [6.07, 6.45) is 5.45. The Balaban J connectivity index is 0.00000240. The molecule has 2 aliphatic rings. The summed E-state index contributed by atoms with van der Waals surface area (Å²) in [5.41, 5.74) is 1.15. The summed E-state index contributed by atoms with van der Waals surface area (Å²) < 4.78 is 2.02. The molecule has 1 atom stereocenters. The van der Waals surface area contributed by atoms with Crippen molar-refractivity contribution in [2.75, 3.05) is 31.1 Å². The minimum Gasteiger partial charge on any atom is -0.357 e. The average molecular weight is 530 g/mol. The lowest BCUT2D eigenvalue weighted by molar-refractivity contribution is 0.392. The summed E-state index contributed by atoms with van der Waals surface area (Å²) in [5.74, 6) is 2.82. The molecular formula is C19H31IN8S. The number of nitrogens with one attached hydrogen (secondary N) is 2. The summed E-state index contributed by atoms with van der Waals surface area (Å²) in [6.45, 7) is 8.77. The van der Waals surface area contributed by atoms with Gasteiger partial charge in [-0.2, -0.15) is 5.10 Å². The molecule has 0 aliphatic carbocycles. The van der Waals surface area contributed by atoms with Crippen molar-refractivity contribution >= 4 is 46.4 Å². The van der Waals surface area contributed by atoms with Gasteiger partial charge in [0.05, 0.1) is 12.2 Å². The van der Waals surface area contributed by atoms with Crippen LogP contribution in [0.25, 0.3) is 0 Å². The number of hydrogen-bond acceptors (Lipinski definition) is 6. The van der Waals surface area contributed by atoms with Crippen LogP contribution in [0.4, 0.5) is 5.13 Å². The predicted octanol–water partition coefficient (Wildman–Crippen LogP) is 2.37. The van der Waals surface area contributed by atoms with Gasteiger partial charge in [0, 0.05) is 50.4 Å². The average Bonchev–Trinajstić information content (AvgIpc) is 3.41. The summed E-state index contributed by atoms with van der Waals surface area (Å²) in [5, 5.41) is 14.8. The van der Waals surface area contributed by atoms with E-state index in [4.69, 9.17) is 9.98 Å². The predicted molar refractivity (Wildman–Crippen MR) is 129 cm³/mol. The molecule has 0 aromatic carbocycles. The Morgan fingerprint density at radius 2 is 2.14 bits per heavy atom. The van der Waals surface area contributed by atoms with Gasteiger partial charge in [0.25, 0.3) is 0 Å². The van der Waals surface area contributed by atoms with Gasteiger partial charge in [-0.15, -0.1) is 35.3 Å². The quantitative estimate of drug-likeness (QED) is 0.339. The monoisotopic (exact) mass is 530 g/mol. The van der Waals surface area contributed by atoms with E-state index in [0.29, 0.717) is 6.04 Å². The Bertz CT molecular complexity index is 811. The summed E-state index contributed by atoms with van der Waals surface area (Å²) in [7, 11) is 0.